The summed E-state index contributed by atoms with van der Waals surface area (Å²) in [6.45, 7) is 0. The van der Waals surface area contributed by atoms with Crippen molar-refractivity contribution in [1.82, 2.24) is 9.38 Å². The van der Waals surface area contributed by atoms with E-state index in [4.69, 9.17) is 4.98 Å². The summed E-state index contributed by atoms with van der Waals surface area (Å²) in [4.78, 5) is 5.06. The molecule has 0 atom stereocenters. The van der Waals surface area contributed by atoms with Gasteiger partial charge in [0.15, 0.2) is 0 Å². The third kappa shape index (κ3) is 2.63. The zero-order valence-corrected chi connectivity index (χ0v) is 16.7. The van der Waals surface area contributed by atoms with E-state index in [-0.39, 0.29) is 0 Å². The molecule has 0 saturated carbocycles. The van der Waals surface area contributed by atoms with Crippen molar-refractivity contribution in [2.45, 2.75) is 0 Å². The van der Waals surface area contributed by atoms with Gasteiger partial charge in [0.1, 0.15) is 5.65 Å². The molecule has 0 saturated heterocycles. The third-order valence-electron chi connectivity index (χ3n) is 5.80. The maximum absolute atomic E-state index is 9.58. The molecule has 2 aromatic heterocycles. The van der Waals surface area contributed by atoms with Crippen LogP contribution >= 0.6 is 0 Å². The van der Waals surface area contributed by atoms with Crippen LogP contribution in [0, 0.1) is 11.3 Å². The highest BCUT2D eigenvalue weighted by atomic mass is 15.0. The minimum Gasteiger partial charge on any atom is -0.292 e. The van der Waals surface area contributed by atoms with Crippen LogP contribution in [0.1, 0.15) is 5.56 Å². The lowest BCUT2D eigenvalue weighted by atomic mass is 9.91. The van der Waals surface area contributed by atoms with Crippen LogP contribution in [-0.4, -0.2) is 9.38 Å². The number of rotatable bonds is 2. The Labute approximate surface area is 179 Å². The van der Waals surface area contributed by atoms with Crippen molar-refractivity contribution in [2.75, 3.05) is 0 Å². The zero-order valence-electron chi connectivity index (χ0n) is 16.7. The SMILES string of the molecule is N#Cc1ccc2c(-c3ccccc3)c(-c3ccccc3)c3nc4ccccc4n3c2c1. The van der Waals surface area contributed by atoms with Crippen molar-refractivity contribution in [3.63, 3.8) is 0 Å². The summed E-state index contributed by atoms with van der Waals surface area (Å²) in [5, 5.41) is 10.7. The first kappa shape index (κ1) is 17.4. The Morgan fingerprint density at radius 1 is 0.645 bits per heavy atom. The number of nitriles is 1. The fourth-order valence-corrected chi connectivity index (χ4v) is 4.46. The zero-order chi connectivity index (χ0) is 20.8. The molecule has 31 heavy (non-hydrogen) atoms. The summed E-state index contributed by atoms with van der Waals surface area (Å²) in [5.41, 5.74) is 8.98. The summed E-state index contributed by atoms with van der Waals surface area (Å²) in [6, 6.07) is 37.3. The molecule has 6 rings (SSSR count). The average molecular weight is 395 g/mol. The fourth-order valence-electron chi connectivity index (χ4n) is 4.46. The number of fused-ring (bicyclic) bond motifs is 5. The van der Waals surface area contributed by atoms with Crippen LogP contribution in [0.25, 0.3) is 49.8 Å². The summed E-state index contributed by atoms with van der Waals surface area (Å²) < 4.78 is 2.19. The quantitative estimate of drug-likeness (QED) is 0.322. The van der Waals surface area contributed by atoms with Gasteiger partial charge in [-0.05, 0) is 35.4 Å². The van der Waals surface area contributed by atoms with Crippen molar-refractivity contribution in [3.8, 4) is 28.3 Å². The number of aromatic nitrogens is 2. The average Bonchev–Trinajstić information content (AvgIpc) is 3.23. The maximum Gasteiger partial charge on any atom is 0.147 e. The van der Waals surface area contributed by atoms with E-state index in [0.29, 0.717) is 5.56 Å². The van der Waals surface area contributed by atoms with Gasteiger partial charge in [-0.25, -0.2) is 4.98 Å². The molecule has 4 aromatic carbocycles. The van der Waals surface area contributed by atoms with Gasteiger partial charge in [0.2, 0.25) is 0 Å². The molecule has 0 aliphatic rings. The number of hydrogen-bond acceptors (Lipinski definition) is 2. The topological polar surface area (TPSA) is 41.1 Å². The van der Waals surface area contributed by atoms with Crippen molar-refractivity contribution in [2.24, 2.45) is 0 Å². The molecule has 0 radical (unpaired) electrons. The lowest BCUT2D eigenvalue weighted by molar-refractivity contribution is 1.29. The van der Waals surface area contributed by atoms with Gasteiger partial charge >= 0.3 is 0 Å². The largest absolute Gasteiger partial charge is 0.292 e. The first-order valence-corrected chi connectivity index (χ1v) is 10.2. The summed E-state index contributed by atoms with van der Waals surface area (Å²) in [5.74, 6) is 0. The van der Waals surface area contributed by atoms with Crippen molar-refractivity contribution >= 4 is 27.6 Å². The number of imidazole rings is 1. The molecule has 0 spiro atoms. The molecular weight excluding hydrogens is 378 g/mol. The predicted molar refractivity (Wildman–Crippen MR) is 126 cm³/mol. The van der Waals surface area contributed by atoms with E-state index in [2.05, 4.69) is 71.1 Å². The standard InChI is InChI=1S/C28H17N3/c29-18-19-15-16-22-25(17-19)31-24-14-8-7-13-23(24)30-28(31)27(21-11-5-2-6-12-21)26(22)20-9-3-1-4-10-20/h1-17H. The molecule has 2 heterocycles. The van der Waals surface area contributed by atoms with Crippen molar-refractivity contribution in [3.05, 3.63) is 109 Å². The highest BCUT2D eigenvalue weighted by Crippen LogP contribution is 2.42. The monoisotopic (exact) mass is 395 g/mol. The minimum absolute atomic E-state index is 0.637. The van der Waals surface area contributed by atoms with Crippen LogP contribution in [-0.2, 0) is 0 Å². The van der Waals surface area contributed by atoms with E-state index >= 15 is 0 Å². The van der Waals surface area contributed by atoms with Crippen molar-refractivity contribution < 1.29 is 0 Å². The van der Waals surface area contributed by atoms with Crippen LogP contribution < -0.4 is 0 Å². The number of benzene rings is 4. The fraction of sp³-hybridized carbons (Fsp3) is 0. The number of hydrogen-bond donors (Lipinski definition) is 0. The van der Waals surface area contributed by atoms with Gasteiger partial charge in [0.25, 0.3) is 0 Å². The van der Waals surface area contributed by atoms with E-state index < -0.39 is 0 Å². The van der Waals surface area contributed by atoms with Crippen LogP contribution in [0.5, 0.6) is 0 Å². The van der Waals surface area contributed by atoms with E-state index in [0.717, 1.165) is 49.8 Å². The molecule has 0 fully saturated rings. The highest BCUT2D eigenvalue weighted by Gasteiger charge is 2.20. The Bertz CT molecular complexity index is 1620. The lowest BCUT2D eigenvalue weighted by Gasteiger charge is -2.17. The van der Waals surface area contributed by atoms with Gasteiger partial charge < -0.3 is 0 Å². The van der Waals surface area contributed by atoms with Crippen LogP contribution in [0.2, 0.25) is 0 Å². The Balaban J connectivity index is 1.93. The first-order chi connectivity index (χ1) is 15.3. The van der Waals surface area contributed by atoms with Gasteiger partial charge in [-0.3, -0.25) is 4.40 Å². The van der Waals surface area contributed by atoms with Gasteiger partial charge in [0, 0.05) is 16.5 Å². The number of para-hydroxylation sites is 2. The Hall–Kier alpha value is -4.42. The Morgan fingerprint density at radius 2 is 1.29 bits per heavy atom. The molecule has 3 heteroatoms. The molecule has 0 aliphatic heterocycles. The van der Waals surface area contributed by atoms with Gasteiger partial charge in [-0.2, -0.15) is 5.26 Å². The molecule has 0 aliphatic carbocycles. The van der Waals surface area contributed by atoms with E-state index in [1.807, 2.05) is 42.5 Å². The Kier molecular flexibility index (Phi) is 3.84. The molecule has 3 nitrogen and oxygen atoms in total. The second-order valence-electron chi connectivity index (χ2n) is 7.59. The van der Waals surface area contributed by atoms with E-state index in [1.54, 1.807) is 0 Å². The first-order valence-electron chi connectivity index (χ1n) is 10.2. The van der Waals surface area contributed by atoms with Crippen LogP contribution in [0.15, 0.2) is 103 Å². The van der Waals surface area contributed by atoms with Crippen LogP contribution in [0.4, 0.5) is 0 Å². The predicted octanol–water partition coefficient (Wildman–Crippen LogP) is 6.85. The summed E-state index contributed by atoms with van der Waals surface area (Å²) in [6.07, 6.45) is 0. The van der Waals surface area contributed by atoms with Crippen LogP contribution in [0.3, 0.4) is 0 Å². The summed E-state index contributed by atoms with van der Waals surface area (Å²) >= 11 is 0. The summed E-state index contributed by atoms with van der Waals surface area (Å²) in [7, 11) is 0. The normalized spacial score (nSPS) is 11.2. The van der Waals surface area contributed by atoms with Gasteiger partial charge in [-0.15, -0.1) is 0 Å². The number of nitrogens with zero attached hydrogens (tertiary/aromatic N) is 3. The third-order valence-corrected chi connectivity index (χ3v) is 5.80. The van der Waals surface area contributed by atoms with Crippen molar-refractivity contribution in [1.29, 1.82) is 5.26 Å². The van der Waals surface area contributed by atoms with Gasteiger partial charge in [-0.1, -0.05) is 78.9 Å². The molecule has 0 amide bonds. The van der Waals surface area contributed by atoms with Gasteiger partial charge in [0.05, 0.1) is 28.2 Å². The van der Waals surface area contributed by atoms with E-state index in [9.17, 15) is 5.26 Å². The Morgan fingerprint density at radius 3 is 2.00 bits per heavy atom. The molecule has 144 valence electrons. The molecule has 0 unspecified atom stereocenters. The molecule has 0 bridgehead atoms. The molecular formula is C28H17N3. The maximum atomic E-state index is 9.58. The molecule has 0 N–H and O–H groups in total. The lowest BCUT2D eigenvalue weighted by Crippen LogP contribution is -1.97. The minimum atomic E-state index is 0.637. The second kappa shape index (κ2) is 6.83. The smallest absolute Gasteiger partial charge is 0.147 e. The number of pyridine rings is 1. The molecule has 6 aromatic rings. The second-order valence-corrected chi connectivity index (χ2v) is 7.59. The van der Waals surface area contributed by atoms with E-state index in [1.165, 1.54) is 0 Å². The highest BCUT2D eigenvalue weighted by molar-refractivity contribution is 6.10.